The number of hydrogen-bond donors (Lipinski definition) is 2. The average molecular weight is 407 g/mol. The summed E-state index contributed by atoms with van der Waals surface area (Å²) in [4.78, 5) is 27.7. The van der Waals surface area contributed by atoms with Crippen LogP contribution in [-0.2, 0) is 17.8 Å². The van der Waals surface area contributed by atoms with E-state index < -0.39 is 0 Å². The Morgan fingerprint density at radius 3 is 2.57 bits per heavy atom. The van der Waals surface area contributed by atoms with Gasteiger partial charge in [-0.25, -0.2) is 0 Å². The van der Waals surface area contributed by atoms with E-state index in [0.717, 1.165) is 57.3 Å². The van der Waals surface area contributed by atoms with E-state index in [4.69, 9.17) is 0 Å². The molecule has 6 nitrogen and oxygen atoms in total. The third-order valence-electron chi connectivity index (χ3n) is 6.92. The van der Waals surface area contributed by atoms with E-state index in [1.165, 1.54) is 24.0 Å². The van der Waals surface area contributed by atoms with Crippen LogP contribution in [0.2, 0.25) is 0 Å². The maximum absolute atomic E-state index is 13.2. The largest absolute Gasteiger partial charge is 0.348 e. The molecule has 1 aliphatic heterocycles. The molecule has 2 amide bonds. The molecule has 0 unspecified atom stereocenters. The zero-order valence-corrected chi connectivity index (χ0v) is 17.4. The normalized spacial score (nSPS) is 24.1. The molecule has 2 aliphatic carbocycles. The molecule has 1 aromatic carbocycles. The van der Waals surface area contributed by atoms with E-state index in [-0.39, 0.29) is 23.8 Å². The van der Waals surface area contributed by atoms with Crippen molar-refractivity contribution in [2.75, 3.05) is 6.54 Å². The SMILES string of the molecule is O=C(NC1CCC(C(=O)N2CCCc3ccccc3C2)CC1)c1cc(C2CC2)[nH]n1. The minimum Gasteiger partial charge on any atom is -0.348 e. The summed E-state index contributed by atoms with van der Waals surface area (Å²) < 4.78 is 0. The predicted molar refractivity (Wildman–Crippen MR) is 114 cm³/mol. The lowest BCUT2D eigenvalue weighted by molar-refractivity contribution is -0.137. The number of nitrogens with one attached hydrogen (secondary N) is 2. The van der Waals surface area contributed by atoms with E-state index in [1.54, 1.807) is 0 Å². The molecule has 2 N–H and O–H groups in total. The fraction of sp³-hybridized carbons (Fsp3) is 0.542. The van der Waals surface area contributed by atoms with Crippen molar-refractivity contribution in [1.82, 2.24) is 20.4 Å². The maximum Gasteiger partial charge on any atom is 0.271 e. The summed E-state index contributed by atoms with van der Waals surface area (Å²) in [5, 5.41) is 10.3. The van der Waals surface area contributed by atoms with Crippen molar-refractivity contribution in [3.05, 3.63) is 52.8 Å². The molecule has 2 saturated carbocycles. The van der Waals surface area contributed by atoms with Crippen molar-refractivity contribution < 1.29 is 9.59 Å². The summed E-state index contributed by atoms with van der Waals surface area (Å²) in [6.45, 7) is 1.57. The van der Waals surface area contributed by atoms with Crippen LogP contribution < -0.4 is 5.32 Å². The van der Waals surface area contributed by atoms with Crippen LogP contribution in [0.4, 0.5) is 0 Å². The van der Waals surface area contributed by atoms with Crippen molar-refractivity contribution in [2.45, 2.75) is 69.9 Å². The highest BCUT2D eigenvalue weighted by Gasteiger charge is 2.32. The number of aromatic amines is 1. The molecule has 158 valence electrons. The molecule has 30 heavy (non-hydrogen) atoms. The first-order valence-corrected chi connectivity index (χ1v) is 11.4. The molecular formula is C24H30N4O2. The first kappa shape index (κ1) is 19.3. The number of nitrogens with zero attached hydrogens (tertiary/aromatic N) is 2. The zero-order chi connectivity index (χ0) is 20.5. The Bertz CT molecular complexity index is 925. The summed E-state index contributed by atoms with van der Waals surface area (Å²) in [6, 6.07) is 10.5. The summed E-state index contributed by atoms with van der Waals surface area (Å²) in [5.74, 6) is 0.830. The Morgan fingerprint density at radius 1 is 1.03 bits per heavy atom. The van der Waals surface area contributed by atoms with Gasteiger partial charge in [-0.3, -0.25) is 14.7 Å². The highest BCUT2D eigenvalue weighted by molar-refractivity contribution is 5.92. The van der Waals surface area contributed by atoms with Gasteiger partial charge in [-0.05, 0) is 68.6 Å². The number of rotatable bonds is 4. The molecule has 5 rings (SSSR count). The maximum atomic E-state index is 13.2. The zero-order valence-electron chi connectivity index (χ0n) is 17.4. The molecular weight excluding hydrogens is 376 g/mol. The lowest BCUT2D eigenvalue weighted by Gasteiger charge is -2.32. The monoisotopic (exact) mass is 406 g/mol. The highest BCUT2D eigenvalue weighted by atomic mass is 16.2. The van der Waals surface area contributed by atoms with Gasteiger partial charge in [0.05, 0.1) is 0 Å². The summed E-state index contributed by atoms with van der Waals surface area (Å²) in [6.07, 6.45) is 7.84. The van der Waals surface area contributed by atoms with E-state index in [9.17, 15) is 9.59 Å². The fourth-order valence-corrected chi connectivity index (χ4v) is 4.95. The third kappa shape index (κ3) is 4.13. The molecule has 6 heteroatoms. The van der Waals surface area contributed by atoms with Gasteiger partial charge in [0.2, 0.25) is 5.91 Å². The van der Waals surface area contributed by atoms with Gasteiger partial charge >= 0.3 is 0 Å². The van der Waals surface area contributed by atoms with Crippen molar-refractivity contribution >= 4 is 11.8 Å². The third-order valence-corrected chi connectivity index (χ3v) is 6.92. The molecule has 2 heterocycles. The summed E-state index contributed by atoms with van der Waals surface area (Å²) in [7, 11) is 0. The number of aromatic nitrogens is 2. The molecule has 3 aliphatic rings. The topological polar surface area (TPSA) is 78.1 Å². The van der Waals surface area contributed by atoms with Gasteiger partial charge < -0.3 is 10.2 Å². The smallest absolute Gasteiger partial charge is 0.271 e. The van der Waals surface area contributed by atoms with Gasteiger partial charge in [0, 0.05) is 36.7 Å². The van der Waals surface area contributed by atoms with Crippen LogP contribution in [0.1, 0.15) is 78.2 Å². The van der Waals surface area contributed by atoms with Gasteiger partial charge in [-0.2, -0.15) is 5.10 Å². The predicted octanol–water partition coefficient (Wildman–Crippen LogP) is 3.55. The van der Waals surface area contributed by atoms with Crippen LogP contribution >= 0.6 is 0 Å². The van der Waals surface area contributed by atoms with Crippen LogP contribution in [0.3, 0.4) is 0 Å². The first-order chi connectivity index (χ1) is 14.7. The number of benzene rings is 1. The second kappa shape index (κ2) is 8.25. The minimum absolute atomic E-state index is 0.0790. The standard InChI is InChI=1S/C24H30N4O2/c29-23(22-14-21(26-27-22)17-7-8-17)25-20-11-9-18(10-12-20)24(30)28-13-3-6-16-4-1-2-5-19(16)15-28/h1-2,4-5,14,17-18,20H,3,6-13,15H2,(H,25,29)(H,26,27). The number of carbonyl (C=O) groups is 2. The Hall–Kier alpha value is -2.63. The van der Waals surface area contributed by atoms with E-state index >= 15 is 0 Å². The Balaban J connectivity index is 1.13. The number of hydrogen-bond acceptors (Lipinski definition) is 3. The van der Waals surface area contributed by atoms with Gasteiger partial charge in [0.15, 0.2) is 0 Å². The van der Waals surface area contributed by atoms with Crippen molar-refractivity contribution in [1.29, 1.82) is 0 Å². The molecule has 0 spiro atoms. The molecule has 0 radical (unpaired) electrons. The Labute approximate surface area is 177 Å². The van der Waals surface area contributed by atoms with Crippen LogP contribution in [0.15, 0.2) is 30.3 Å². The van der Waals surface area contributed by atoms with Crippen LogP contribution in [-0.4, -0.2) is 39.5 Å². The molecule has 2 aromatic rings. The molecule has 0 atom stereocenters. The first-order valence-electron chi connectivity index (χ1n) is 11.4. The Kier molecular flexibility index (Phi) is 5.32. The Morgan fingerprint density at radius 2 is 1.80 bits per heavy atom. The van der Waals surface area contributed by atoms with Crippen LogP contribution in [0, 0.1) is 5.92 Å². The van der Waals surface area contributed by atoms with Crippen LogP contribution in [0.5, 0.6) is 0 Å². The van der Waals surface area contributed by atoms with Crippen molar-refractivity contribution in [3.63, 3.8) is 0 Å². The quantitative estimate of drug-likeness (QED) is 0.815. The number of H-pyrrole nitrogens is 1. The van der Waals surface area contributed by atoms with Crippen molar-refractivity contribution in [3.8, 4) is 0 Å². The lowest BCUT2D eigenvalue weighted by Crippen LogP contribution is -2.42. The second-order valence-electron chi connectivity index (χ2n) is 9.14. The van der Waals surface area contributed by atoms with Crippen LogP contribution in [0.25, 0.3) is 0 Å². The number of carbonyl (C=O) groups excluding carboxylic acids is 2. The highest BCUT2D eigenvalue weighted by Crippen LogP contribution is 2.39. The minimum atomic E-state index is -0.1000. The second-order valence-corrected chi connectivity index (χ2v) is 9.14. The molecule has 2 fully saturated rings. The molecule has 0 bridgehead atoms. The number of fused-ring (bicyclic) bond motifs is 1. The van der Waals surface area contributed by atoms with Gasteiger partial charge in [-0.1, -0.05) is 24.3 Å². The summed E-state index contributed by atoms with van der Waals surface area (Å²) in [5.41, 5.74) is 4.23. The van der Waals surface area contributed by atoms with Crippen molar-refractivity contribution in [2.24, 2.45) is 5.92 Å². The number of aryl methyl sites for hydroxylation is 1. The van der Waals surface area contributed by atoms with Gasteiger partial charge in [0.1, 0.15) is 5.69 Å². The molecule has 0 saturated heterocycles. The summed E-state index contributed by atoms with van der Waals surface area (Å²) >= 11 is 0. The molecule has 1 aromatic heterocycles. The lowest BCUT2D eigenvalue weighted by atomic mass is 9.85. The van der Waals surface area contributed by atoms with Gasteiger partial charge in [-0.15, -0.1) is 0 Å². The van der Waals surface area contributed by atoms with E-state index in [1.807, 2.05) is 6.07 Å². The van der Waals surface area contributed by atoms with E-state index in [2.05, 4.69) is 44.7 Å². The number of amides is 2. The average Bonchev–Trinajstić information content (AvgIpc) is 3.54. The van der Waals surface area contributed by atoms with E-state index in [0.29, 0.717) is 11.6 Å². The fourth-order valence-electron chi connectivity index (χ4n) is 4.95. The van der Waals surface area contributed by atoms with Gasteiger partial charge in [0.25, 0.3) is 5.91 Å².